The molecule has 0 saturated heterocycles. The maximum atomic E-state index is 12.3. The second-order valence-corrected chi connectivity index (χ2v) is 9.53. The van der Waals surface area contributed by atoms with Gasteiger partial charge >= 0.3 is 0 Å². The molecule has 4 aromatic rings. The molecule has 0 spiro atoms. The van der Waals surface area contributed by atoms with Gasteiger partial charge in [0.05, 0.1) is 10.7 Å². The minimum atomic E-state index is -0.425. The summed E-state index contributed by atoms with van der Waals surface area (Å²) in [6, 6.07) is 16.8. The molecule has 0 atom stereocenters. The van der Waals surface area contributed by atoms with Crippen LogP contribution in [0, 0.1) is 6.92 Å². The minimum Gasteiger partial charge on any atom is -0.482 e. The summed E-state index contributed by atoms with van der Waals surface area (Å²) in [6.07, 6.45) is 3.41. The zero-order valence-electron chi connectivity index (χ0n) is 19.8. The van der Waals surface area contributed by atoms with E-state index in [-0.39, 0.29) is 11.7 Å². The molecule has 1 amide bonds. The Morgan fingerprint density at radius 3 is 2.47 bits per heavy atom. The van der Waals surface area contributed by atoms with Crippen molar-refractivity contribution in [1.82, 2.24) is 20.3 Å². The Kier molecular flexibility index (Phi) is 8.40. The maximum Gasteiger partial charge on any atom is 0.264 e. The van der Waals surface area contributed by atoms with Crippen molar-refractivity contribution < 1.29 is 9.53 Å². The molecule has 10 heteroatoms. The summed E-state index contributed by atoms with van der Waals surface area (Å²) < 4.78 is 5.45. The number of aromatic nitrogens is 3. The molecule has 7 nitrogen and oxygen atoms in total. The molecule has 0 bridgehead atoms. The van der Waals surface area contributed by atoms with Gasteiger partial charge in [-0.15, -0.1) is 10.2 Å². The van der Waals surface area contributed by atoms with Crippen LogP contribution in [-0.4, -0.2) is 32.6 Å². The van der Waals surface area contributed by atoms with Crippen LogP contribution in [0.15, 0.2) is 54.6 Å². The minimum absolute atomic E-state index is 0.142. The number of carbonyl (C=O) groups excluding carboxylic acids is 1. The summed E-state index contributed by atoms with van der Waals surface area (Å²) in [7, 11) is 0. The number of hydrogen-bond donors (Lipinski definition) is 2. The summed E-state index contributed by atoms with van der Waals surface area (Å²) in [5, 5.41) is 15.8. The number of unbranched alkanes of at least 4 members (excludes halogenated alkanes) is 1. The van der Waals surface area contributed by atoms with Gasteiger partial charge in [0.1, 0.15) is 16.8 Å². The van der Waals surface area contributed by atoms with Crippen molar-refractivity contribution in [3.8, 4) is 11.4 Å². The molecule has 0 unspecified atom stereocenters. The van der Waals surface area contributed by atoms with Crippen LogP contribution in [0.3, 0.4) is 0 Å². The standard InChI is InChI=1S/C26H25Cl2N5O2S/c1-3-4-5-17-6-9-19(10-7-17)33-31-22-12-16(2)21(14-23(22)32-33)29-26(36)30-25(34)15-35-24-11-8-18(27)13-20(24)28/h6-14H,3-5,15H2,1-2H3,(H2,29,30,34,36). The highest BCUT2D eigenvalue weighted by molar-refractivity contribution is 7.80. The fourth-order valence-electron chi connectivity index (χ4n) is 3.55. The van der Waals surface area contributed by atoms with Crippen LogP contribution in [0.1, 0.15) is 30.9 Å². The van der Waals surface area contributed by atoms with Crippen LogP contribution in [0.4, 0.5) is 5.69 Å². The SMILES string of the molecule is CCCCc1ccc(-n2nc3cc(C)c(NC(=S)NC(=O)COc4ccc(Cl)cc4Cl)cc3n2)cc1. The second-order valence-electron chi connectivity index (χ2n) is 8.28. The van der Waals surface area contributed by atoms with Gasteiger partial charge in [-0.25, -0.2) is 0 Å². The van der Waals surface area contributed by atoms with Crippen molar-refractivity contribution in [2.45, 2.75) is 33.1 Å². The number of anilines is 1. The first-order valence-corrected chi connectivity index (χ1v) is 12.6. The van der Waals surface area contributed by atoms with E-state index in [1.807, 2.05) is 31.2 Å². The average molecular weight is 542 g/mol. The van der Waals surface area contributed by atoms with E-state index in [2.05, 4.69) is 39.9 Å². The fraction of sp³-hybridized carbons (Fsp3) is 0.231. The van der Waals surface area contributed by atoms with E-state index >= 15 is 0 Å². The van der Waals surface area contributed by atoms with Crippen LogP contribution >= 0.6 is 35.4 Å². The lowest BCUT2D eigenvalue weighted by molar-refractivity contribution is -0.121. The first-order chi connectivity index (χ1) is 17.3. The van der Waals surface area contributed by atoms with E-state index in [1.165, 1.54) is 18.4 Å². The number of carbonyl (C=O) groups is 1. The molecule has 1 aromatic heterocycles. The summed E-state index contributed by atoms with van der Waals surface area (Å²) in [4.78, 5) is 13.9. The predicted molar refractivity (Wildman–Crippen MR) is 149 cm³/mol. The molecule has 0 saturated carbocycles. The molecular formula is C26H25Cl2N5O2S. The summed E-state index contributed by atoms with van der Waals surface area (Å²) in [6.45, 7) is 3.86. The lowest BCUT2D eigenvalue weighted by Crippen LogP contribution is -2.37. The number of aryl methyl sites for hydroxylation is 2. The van der Waals surface area contributed by atoms with Crippen molar-refractivity contribution in [2.24, 2.45) is 0 Å². The molecule has 0 radical (unpaired) electrons. The zero-order valence-corrected chi connectivity index (χ0v) is 22.2. The van der Waals surface area contributed by atoms with Gasteiger partial charge in [-0.2, -0.15) is 4.80 Å². The number of hydrogen-bond acceptors (Lipinski definition) is 5. The summed E-state index contributed by atoms with van der Waals surface area (Å²) in [5.41, 5.74) is 5.28. The topological polar surface area (TPSA) is 81.1 Å². The lowest BCUT2D eigenvalue weighted by atomic mass is 10.1. The Bertz CT molecular complexity index is 1410. The average Bonchev–Trinajstić information content (AvgIpc) is 3.25. The van der Waals surface area contributed by atoms with Gasteiger partial charge in [0.2, 0.25) is 0 Å². The predicted octanol–water partition coefficient (Wildman–Crippen LogP) is 6.27. The molecule has 4 rings (SSSR count). The molecule has 2 N–H and O–H groups in total. The van der Waals surface area contributed by atoms with Gasteiger partial charge in [-0.1, -0.05) is 48.7 Å². The van der Waals surface area contributed by atoms with Crippen molar-refractivity contribution in [3.05, 3.63) is 75.8 Å². The zero-order chi connectivity index (χ0) is 25.7. The number of halogens is 2. The summed E-state index contributed by atoms with van der Waals surface area (Å²) >= 11 is 17.2. The molecule has 0 aliphatic carbocycles. The Morgan fingerprint density at radius 2 is 1.78 bits per heavy atom. The fourth-order valence-corrected chi connectivity index (χ4v) is 4.23. The molecule has 3 aromatic carbocycles. The third-order valence-corrected chi connectivity index (χ3v) is 6.20. The summed E-state index contributed by atoms with van der Waals surface area (Å²) in [5.74, 6) is -0.0688. The highest BCUT2D eigenvalue weighted by atomic mass is 35.5. The van der Waals surface area contributed by atoms with Crippen LogP contribution in [0.25, 0.3) is 16.7 Å². The molecule has 0 fully saturated rings. The van der Waals surface area contributed by atoms with E-state index in [1.54, 1.807) is 23.0 Å². The Balaban J connectivity index is 1.39. The normalized spacial score (nSPS) is 10.9. The Hall–Kier alpha value is -3.20. The Morgan fingerprint density at radius 1 is 1.06 bits per heavy atom. The first-order valence-electron chi connectivity index (χ1n) is 11.5. The van der Waals surface area contributed by atoms with Crippen LogP contribution in [-0.2, 0) is 11.2 Å². The van der Waals surface area contributed by atoms with Crippen LogP contribution < -0.4 is 15.4 Å². The number of benzene rings is 3. The van der Waals surface area contributed by atoms with Crippen molar-refractivity contribution in [3.63, 3.8) is 0 Å². The Labute approximate surface area is 224 Å². The van der Waals surface area contributed by atoms with E-state index in [0.29, 0.717) is 21.3 Å². The van der Waals surface area contributed by atoms with Gasteiger partial charge in [-0.3, -0.25) is 10.1 Å². The van der Waals surface area contributed by atoms with Crippen LogP contribution in [0.2, 0.25) is 10.0 Å². The van der Waals surface area contributed by atoms with Crippen molar-refractivity contribution in [1.29, 1.82) is 0 Å². The van der Waals surface area contributed by atoms with Crippen molar-refractivity contribution in [2.75, 3.05) is 11.9 Å². The number of thiocarbonyl (C=S) groups is 1. The van der Waals surface area contributed by atoms with Crippen molar-refractivity contribution >= 4 is 63.2 Å². The van der Waals surface area contributed by atoms with Gasteiger partial charge in [0.15, 0.2) is 11.7 Å². The number of nitrogens with zero attached hydrogens (tertiary/aromatic N) is 3. The van der Waals surface area contributed by atoms with Gasteiger partial charge < -0.3 is 10.1 Å². The molecule has 186 valence electrons. The van der Waals surface area contributed by atoms with E-state index in [4.69, 9.17) is 40.2 Å². The quantitative estimate of drug-likeness (QED) is 0.256. The third kappa shape index (κ3) is 6.51. The second kappa shape index (κ2) is 11.7. The molecule has 0 aliphatic rings. The van der Waals surface area contributed by atoms with Gasteiger partial charge in [-0.05, 0) is 85.6 Å². The molecule has 0 aliphatic heterocycles. The smallest absolute Gasteiger partial charge is 0.264 e. The lowest BCUT2D eigenvalue weighted by Gasteiger charge is -2.12. The number of amides is 1. The number of ether oxygens (including phenoxy) is 1. The van der Waals surface area contributed by atoms with E-state index < -0.39 is 5.91 Å². The molecule has 36 heavy (non-hydrogen) atoms. The molecular weight excluding hydrogens is 517 g/mol. The number of rotatable bonds is 8. The number of nitrogens with one attached hydrogen (secondary N) is 2. The number of fused-ring (bicyclic) bond motifs is 1. The maximum absolute atomic E-state index is 12.3. The monoisotopic (exact) mass is 541 g/mol. The third-order valence-electron chi connectivity index (χ3n) is 5.47. The van der Waals surface area contributed by atoms with Gasteiger partial charge in [0, 0.05) is 10.7 Å². The largest absolute Gasteiger partial charge is 0.482 e. The highest BCUT2D eigenvalue weighted by Crippen LogP contribution is 2.27. The molecule has 1 heterocycles. The van der Waals surface area contributed by atoms with Gasteiger partial charge in [0.25, 0.3) is 5.91 Å². The van der Waals surface area contributed by atoms with E-state index in [0.717, 1.165) is 28.9 Å². The highest BCUT2D eigenvalue weighted by Gasteiger charge is 2.12. The van der Waals surface area contributed by atoms with E-state index in [9.17, 15) is 4.79 Å². The first kappa shape index (κ1) is 25.9. The van der Waals surface area contributed by atoms with Crippen LogP contribution in [0.5, 0.6) is 5.75 Å².